The van der Waals surface area contributed by atoms with Crippen molar-refractivity contribution in [2.45, 2.75) is 19.6 Å². The summed E-state index contributed by atoms with van der Waals surface area (Å²) in [5.41, 5.74) is 3.28. The average molecular weight is 429 g/mol. The summed E-state index contributed by atoms with van der Waals surface area (Å²) in [6.45, 7) is 4.17. The predicted octanol–water partition coefficient (Wildman–Crippen LogP) is 2.95. The topological polar surface area (TPSA) is 57.2 Å². The number of carbonyl (C=O) groups excluding carboxylic acids is 1. The fourth-order valence-corrected chi connectivity index (χ4v) is 3.82. The molecule has 0 aromatic heterocycles. The van der Waals surface area contributed by atoms with Gasteiger partial charge in [-0.05, 0) is 28.8 Å². The number of amides is 1. The molecule has 0 unspecified atom stereocenters. The summed E-state index contributed by atoms with van der Waals surface area (Å²) in [5.74, 6) is 0.990. The molecule has 0 aliphatic carbocycles. The second-order valence-electron chi connectivity index (χ2n) is 7.33. The van der Waals surface area contributed by atoms with Crippen molar-refractivity contribution in [3.8, 4) is 0 Å². The summed E-state index contributed by atoms with van der Waals surface area (Å²) >= 11 is 6.02. The first-order valence-electron chi connectivity index (χ1n) is 10.1. The van der Waals surface area contributed by atoms with Crippen molar-refractivity contribution in [3.05, 3.63) is 70.2 Å². The third-order valence-electron chi connectivity index (χ3n) is 5.14. The SMILES string of the molecule is CN=C(NCc1cccc(COC)c1)N1CCN(C(=O)Cc2cccc(Cl)c2)CC1. The van der Waals surface area contributed by atoms with Crippen LogP contribution in [0.2, 0.25) is 5.02 Å². The number of piperazine rings is 1. The summed E-state index contributed by atoms with van der Waals surface area (Å²) in [5, 5.41) is 4.09. The van der Waals surface area contributed by atoms with E-state index in [0.29, 0.717) is 37.7 Å². The van der Waals surface area contributed by atoms with Gasteiger partial charge in [-0.1, -0.05) is 48.0 Å². The molecule has 1 amide bonds. The second-order valence-corrected chi connectivity index (χ2v) is 7.76. The van der Waals surface area contributed by atoms with E-state index in [1.165, 1.54) is 5.56 Å². The molecule has 0 radical (unpaired) electrons. The molecule has 160 valence electrons. The second kappa shape index (κ2) is 11.0. The van der Waals surface area contributed by atoms with Gasteiger partial charge in [0.15, 0.2) is 5.96 Å². The number of carbonyl (C=O) groups is 1. The maximum atomic E-state index is 12.6. The molecule has 7 heteroatoms. The number of benzene rings is 2. The zero-order chi connectivity index (χ0) is 21.3. The molecule has 0 saturated carbocycles. The Morgan fingerprint density at radius 1 is 1.03 bits per heavy atom. The molecular weight excluding hydrogens is 400 g/mol. The molecule has 1 aliphatic rings. The van der Waals surface area contributed by atoms with Crippen molar-refractivity contribution in [1.82, 2.24) is 15.1 Å². The third-order valence-corrected chi connectivity index (χ3v) is 5.38. The highest BCUT2D eigenvalue weighted by molar-refractivity contribution is 6.30. The third kappa shape index (κ3) is 6.21. The van der Waals surface area contributed by atoms with Crippen molar-refractivity contribution in [3.63, 3.8) is 0 Å². The number of guanidine groups is 1. The molecule has 0 spiro atoms. The predicted molar refractivity (Wildman–Crippen MR) is 121 cm³/mol. The number of ether oxygens (including phenoxy) is 1. The Kier molecular flexibility index (Phi) is 8.11. The van der Waals surface area contributed by atoms with Gasteiger partial charge in [0.1, 0.15) is 0 Å². The summed E-state index contributed by atoms with van der Waals surface area (Å²) in [7, 11) is 3.49. The van der Waals surface area contributed by atoms with Crippen LogP contribution in [0.5, 0.6) is 0 Å². The van der Waals surface area contributed by atoms with Crippen LogP contribution in [0.15, 0.2) is 53.5 Å². The van der Waals surface area contributed by atoms with Crippen molar-refractivity contribution in [2.24, 2.45) is 4.99 Å². The fourth-order valence-electron chi connectivity index (χ4n) is 3.61. The normalized spacial score (nSPS) is 14.7. The van der Waals surface area contributed by atoms with Gasteiger partial charge in [-0.25, -0.2) is 0 Å². The molecule has 3 rings (SSSR count). The largest absolute Gasteiger partial charge is 0.380 e. The molecule has 1 fully saturated rings. The quantitative estimate of drug-likeness (QED) is 0.567. The fraction of sp³-hybridized carbons (Fsp3) is 0.391. The molecule has 0 bridgehead atoms. The van der Waals surface area contributed by atoms with Crippen molar-refractivity contribution < 1.29 is 9.53 Å². The van der Waals surface area contributed by atoms with E-state index in [9.17, 15) is 4.79 Å². The number of methoxy groups -OCH3 is 1. The zero-order valence-corrected chi connectivity index (χ0v) is 18.4. The first-order valence-corrected chi connectivity index (χ1v) is 10.5. The standard InChI is InChI=1S/C23H29ClN4O2/c1-25-23(26-16-19-6-3-7-20(13-19)17-30-2)28-11-9-27(10-12-28)22(29)15-18-5-4-8-21(24)14-18/h3-8,13-14H,9-12,15-17H2,1-2H3,(H,25,26). The molecule has 30 heavy (non-hydrogen) atoms. The van der Waals surface area contributed by atoms with E-state index in [1.54, 1.807) is 14.2 Å². The molecule has 1 N–H and O–H groups in total. The number of nitrogens with zero attached hydrogens (tertiary/aromatic N) is 3. The van der Waals surface area contributed by atoms with Crippen LogP contribution in [0.4, 0.5) is 0 Å². The summed E-state index contributed by atoms with van der Waals surface area (Å²) < 4.78 is 5.21. The highest BCUT2D eigenvalue weighted by Gasteiger charge is 2.23. The molecule has 1 saturated heterocycles. The maximum Gasteiger partial charge on any atom is 0.227 e. The van der Waals surface area contributed by atoms with Gasteiger partial charge in [0, 0.05) is 51.9 Å². The smallest absolute Gasteiger partial charge is 0.227 e. The Balaban J connectivity index is 1.49. The van der Waals surface area contributed by atoms with Gasteiger partial charge >= 0.3 is 0 Å². The van der Waals surface area contributed by atoms with E-state index in [-0.39, 0.29) is 5.91 Å². The number of aliphatic imine (C=N–C) groups is 1. The van der Waals surface area contributed by atoms with Crippen LogP contribution in [-0.2, 0) is 29.1 Å². The number of hydrogen-bond acceptors (Lipinski definition) is 3. The van der Waals surface area contributed by atoms with Crippen LogP contribution in [0.3, 0.4) is 0 Å². The minimum Gasteiger partial charge on any atom is -0.380 e. The monoisotopic (exact) mass is 428 g/mol. The van der Waals surface area contributed by atoms with E-state index in [0.717, 1.165) is 30.2 Å². The molecule has 1 heterocycles. The number of halogens is 1. The Bertz CT molecular complexity index is 879. The summed E-state index contributed by atoms with van der Waals surface area (Å²) in [6.07, 6.45) is 0.380. The van der Waals surface area contributed by atoms with Crippen LogP contribution in [-0.4, -0.2) is 62.0 Å². The minimum absolute atomic E-state index is 0.134. The highest BCUT2D eigenvalue weighted by Crippen LogP contribution is 2.13. The van der Waals surface area contributed by atoms with Gasteiger partial charge < -0.3 is 19.9 Å². The highest BCUT2D eigenvalue weighted by atomic mass is 35.5. The first kappa shape index (κ1) is 22.1. The lowest BCUT2D eigenvalue weighted by Crippen LogP contribution is -2.53. The van der Waals surface area contributed by atoms with Crippen molar-refractivity contribution in [1.29, 1.82) is 0 Å². The van der Waals surface area contributed by atoms with Gasteiger partial charge in [0.25, 0.3) is 0 Å². The Morgan fingerprint density at radius 2 is 1.70 bits per heavy atom. The molecule has 1 aliphatic heterocycles. The zero-order valence-electron chi connectivity index (χ0n) is 17.6. The van der Waals surface area contributed by atoms with Crippen molar-refractivity contribution in [2.75, 3.05) is 40.3 Å². The van der Waals surface area contributed by atoms with Crippen LogP contribution in [0.1, 0.15) is 16.7 Å². The lowest BCUT2D eigenvalue weighted by molar-refractivity contribution is -0.131. The van der Waals surface area contributed by atoms with Gasteiger partial charge in [0.2, 0.25) is 5.91 Å². The van der Waals surface area contributed by atoms with Crippen molar-refractivity contribution >= 4 is 23.5 Å². The van der Waals surface area contributed by atoms with E-state index in [1.807, 2.05) is 35.2 Å². The van der Waals surface area contributed by atoms with Crippen LogP contribution < -0.4 is 5.32 Å². The average Bonchev–Trinajstić information content (AvgIpc) is 2.75. The van der Waals surface area contributed by atoms with E-state index in [2.05, 4.69) is 33.4 Å². The Morgan fingerprint density at radius 3 is 2.40 bits per heavy atom. The van der Waals surface area contributed by atoms with E-state index in [4.69, 9.17) is 16.3 Å². The molecule has 2 aromatic rings. The summed E-state index contributed by atoms with van der Waals surface area (Å²) in [4.78, 5) is 21.2. The van der Waals surface area contributed by atoms with Crippen LogP contribution >= 0.6 is 11.6 Å². The Hall–Kier alpha value is -2.57. The van der Waals surface area contributed by atoms with E-state index >= 15 is 0 Å². The summed E-state index contributed by atoms with van der Waals surface area (Å²) in [6, 6.07) is 15.8. The molecule has 6 nitrogen and oxygen atoms in total. The Labute approximate surface area is 183 Å². The maximum absolute atomic E-state index is 12.6. The number of rotatable bonds is 6. The van der Waals surface area contributed by atoms with Crippen LogP contribution in [0, 0.1) is 0 Å². The van der Waals surface area contributed by atoms with Crippen LogP contribution in [0.25, 0.3) is 0 Å². The molecular formula is C23H29ClN4O2. The lowest BCUT2D eigenvalue weighted by Gasteiger charge is -2.36. The molecule has 0 atom stereocenters. The molecule has 2 aromatic carbocycles. The van der Waals surface area contributed by atoms with Gasteiger partial charge in [-0.2, -0.15) is 0 Å². The number of nitrogens with one attached hydrogen (secondary N) is 1. The lowest BCUT2D eigenvalue weighted by atomic mass is 10.1. The number of hydrogen-bond donors (Lipinski definition) is 1. The van der Waals surface area contributed by atoms with E-state index < -0.39 is 0 Å². The first-order chi connectivity index (χ1) is 14.6. The van der Waals surface area contributed by atoms with Gasteiger partial charge in [0.05, 0.1) is 13.0 Å². The van der Waals surface area contributed by atoms with Gasteiger partial charge in [-0.3, -0.25) is 9.79 Å². The minimum atomic E-state index is 0.134. The van der Waals surface area contributed by atoms with Gasteiger partial charge in [-0.15, -0.1) is 0 Å².